The quantitative estimate of drug-likeness (QED) is 0.759. The van der Waals surface area contributed by atoms with Crippen molar-refractivity contribution in [2.75, 3.05) is 19.0 Å². The molecule has 0 fully saturated rings. The molecule has 0 spiro atoms. The van der Waals surface area contributed by atoms with Gasteiger partial charge in [-0.2, -0.15) is 13.2 Å². The van der Waals surface area contributed by atoms with Gasteiger partial charge in [-0.25, -0.2) is 0 Å². The van der Waals surface area contributed by atoms with Gasteiger partial charge in [0.15, 0.2) is 0 Å². The highest BCUT2D eigenvalue weighted by atomic mass is 79.9. The molecule has 1 unspecified atom stereocenters. The number of carbonyl (C=O) groups is 1. The van der Waals surface area contributed by atoms with E-state index in [2.05, 4.69) is 21.2 Å². The van der Waals surface area contributed by atoms with Crippen LogP contribution in [0.1, 0.15) is 12.8 Å². The van der Waals surface area contributed by atoms with E-state index in [0.29, 0.717) is 5.33 Å². The third kappa shape index (κ3) is 8.68. The second-order valence-corrected chi connectivity index (χ2v) is 3.64. The SMILES string of the molecule is COCC(CBr)NC(=O)CCC(F)(F)F. The van der Waals surface area contributed by atoms with Crippen LogP contribution in [0.15, 0.2) is 0 Å². The zero-order chi connectivity index (χ0) is 11.9. The molecule has 0 rings (SSSR count). The molecule has 15 heavy (non-hydrogen) atoms. The van der Waals surface area contributed by atoms with Gasteiger partial charge in [0, 0.05) is 18.9 Å². The normalized spacial score (nSPS) is 13.7. The lowest BCUT2D eigenvalue weighted by Gasteiger charge is -2.15. The van der Waals surface area contributed by atoms with Crippen molar-refractivity contribution < 1.29 is 22.7 Å². The minimum absolute atomic E-state index is 0.267. The van der Waals surface area contributed by atoms with E-state index >= 15 is 0 Å². The molecule has 0 radical (unpaired) electrons. The fourth-order valence-electron chi connectivity index (χ4n) is 0.881. The summed E-state index contributed by atoms with van der Waals surface area (Å²) in [6.45, 7) is 0.267. The Kier molecular flexibility index (Phi) is 6.91. The molecule has 0 saturated heterocycles. The van der Waals surface area contributed by atoms with E-state index in [0.717, 1.165) is 0 Å². The van der Waals surface area contributed by atoms with Gasteiger partial charge in [-0.3, -0.25) is 4.79 Å². The summed E-state index contributed by atoms with van der Waals surface area (Å²) in [5.41, 5.74) is 0. The topological polar surface area (TPSA) is 38.3 Å². The Hall–Kier alpha value is -0.300. The minimum atomic E-state index is -4.29. The van der Waals surface area contributed by atoms with Gasteiger partial charge in [-0.1, -0.05) is 15.9 Å². The van der Waals surface area contributed by atoms with Crippen LogP contribution < -0.4 is 5.32 Å². The third-order valence-electron chi connectivity index (χ3n) is 1.55. The smallest absolute Gasteiger partial charge is 0.383 e. The second kappa shape index (κ2) is 7.05. The van der Waals surface area contributed by atoms with Gasteiger partial charge in [0.05, 0.1) is 19.1 Å². The Morgan fingerprint density at radius 1 is 1.53 bits per heavy atom. The average Bonchev–Trinajstić information content (AvgIpc) is 2.13. The molecule has 0 aliphatic carbocycles. The van der Waals surface area contributed by atoms with Crippen LogP contribution in [0.5, 0.6) is 0 Å². The summed E-state index contributed by atoms with van der Waals surface area (Å²) in [7, 11) is 1.46. The molecule has 0 aliphatic rings. The number of amides is 1. The molecule has 7 heteroatoms. The zero-order valence-electron chi connectivity index (χ0n) is 8.23. The Labute approximate surface area is 94.5 Å². The van der Waals surface area contributed by atoms with E-state index < -0.39 is 24.9 Å². The van der Waals surface area contributed by atoms with Gasteiger partial charge in [0.25, 0.3) is 0 Å². The maximum absolute atomic E-state index is 11.8. The summed E-state index contributed by atoms with van der Waals surface area (Å²) in [6.07, 6.45) is -5.93. The van der Waals surface area contributed by atoms with Gasteiger partial charge in [0.2, 0.25) is 5.91 Å². The van der Waals surface area contributed by atoms with Crippen LogP contribution in [-0.2, 0) is 9.53 Å². The van der Waals surface area contributed by atoms with Crippen LogP contribution in [0.2, 0.25) is 0 Å². The summed E-state index contributed by atoms with van der Waals surface area (Å²) in [5, 5.41) is 2.87. The number of carbonyl (C=O) groups excluding carboxylic acids is 1. The van der Waals surface area contributed by atoms with Crippen molar-refractivity contribution in [3.63, 3.8) is 0 Å². The predicted octanol–water partition coefficient (Wildman–Crippen LogP) is 1.85. The van der Waals surface area contributed by atoms with Crippen LogP contribution in [0.3, 0.4) is 0 Å². The Morgan fingerprint density at radius 2 is 2.13 bits per heavy atom. The van der Waals surface area contributed by atoms with Crippen molar-refractivity contribution in [3.05, 3.63) is 0 Å². The summed E-state index contributed by atoms with van der Waals surface area (Å²) >= 11 is 3.12. The fraction of sp³-hybridized carbons (Fsp3) is 0.875. The van der Waals surface area contributed by atoms with E-state index in [1.165, 1.54) is 7.11 Å². The van der Waals surface area contributed by atoms with Gasteiger partial charge in [0.1, 0.15) is 0 Å². The molecule has 1 N–H and O–H groups in total. The van der Waals surface area contributed by atoms with Gasteiger partial charge < -0.3 is 10.1 Å². The summed E-state index contributed by atoms with van der Waals surface area (Å²) in [6, 6.07) is -0.296. The maximum Gasteiger partial charge on any atom is 0.389 e. The van der Waals surface area contributed by atoms with Crippen molar-refractivity contribution in [3.8, 4) is 0 Å². The lowest BCUT2D eigenvalue weighted by molar-refractivity contribution is -0.144. The maximum atomic E-state index is 11.8. The van der Waals surface area contributed by atoms with Crippen molar-refractivity contribution in [2.24, 2.45) is 0 Å². The molecular formula is C8H13BrF3NO2. The van der Waals surface area contributed by atoms with E-state index in [1.807, 2.05) is 0 Å². The highest BCUT2D eigenvalue weighted by Crippen LogP contribution is 2.20. The van der Waals surface area contributed by atoms with Gasteiger partial charge >= 0.3 is 6.18 Å². The number of alkyl halides is 4. The first-order chi connectivity index (χ1) is 6.89. The molecule has 0 aliphatic heterocycles. The first-order valence-corrected chi connectivity index (χ1v) is 5.42. The molecular weight excluding hydrogens is 279 g/mol. The van der Waals surface area contributed by atoms with Crippen molar-refractivity contribution in [1.29, 1.82) is 0 Å². The first-order valence-electron chi connectivity index (χ1n) is 4.30. The number of rotatable bonds is 6. The monoisotopic (exact) mass is 291 g/mol. The molecule has 90 valence electrons. The van der Waals surface area contributed by atoms with Crippen molar-refractivity contribution in [1.82, 2.24) is 5.32 Å². The summed E-state index contributed by atoms with van der Waals surface area (Å²) in [4.78, 5) is 11.0. The van der Waals surface area contributed by atoms with Crippen LogP contribution in [0.4, 0.5) is 13.2 Å². The number of nitrogens with one attached hydrogen (secondary N) is 1. The largest absolute Gasteiger partial charge is 0.389 e. The highest BCUT2D eigenvalue weighted by Gasteiger charge is 2.28. The lowest BCUT2D eigenvalue weighted by atomic mass is 10.2. The van der Waals surface area contributed by atoms with E-state index in [1.54, 1.807) is 0 Å². The Bertz CT molecular complexity index is 199. The molecule has 0 saturated carbocycles. The first kappa shape index (κ1) is 14.7. The number of ether oxygens (including phenoxy) is 1. The van der Waals surface area contributed by atoms with Gasteiger partial charge in [-0.15, -0.1) is 0 Å². The molecule has 0 heterocycles. The van der Waals surface area contributed by atoms with E-state index in [-0.39, 0.29) is 12.6 Å². The standard InChI is InChI=1S/C8H13BrF3NO2/c1-15-5-6(4-9)13-7(14)2-3-8(10,11)12/h6H,2-5H2,1H3,(H,13,14). The van der Waals surface area contributed by atoms with Crippen LogP contribution >= 0.6 is 15.9 Å². The average molecular weight is 292 g/mol. The summed E-state index contributed by atoms with van der Waals surface area (Å²) in [5.74, 6) is -0.617. The third-order valence-corrected chi connectivity index (χ3v) is 2.34. The molecule has 1 amide bonds. The Morgan fingerprint density at radius 3 is 2.53 bits per heavy atom. The zero-order valence-corrected chi connectivity index (χ0v) is 9.82. The number of hydrogen-bond acceptors (Lipinski definition) is 2. The minimum Gasteiger partial charge on any atom is -0.383 e. The Balaban J connectivity index is 3.81. The van der Waals surface area contributed by atoms with Gasteiger partial charge in [-0.05, 0) is 0 Å². The number of hydrogen-bond donors (Lipinski definition) is 1. The van der Waals surface area contributed by atoms with E-state index in [4.69, 9.17) is 4.74 Å². The molecule has 3 nitrogen and oxygen atoms in total. The highest BCUT2D eigenvalue weighted by molar-refractivity contribution is 9.09. The molecule has 0 aromatic heterocycles. The molecule has 0 aromatic carbocycles. The van der Waals surface area contributed by atoms with Crippen LogP contribution in [-0.4, -0.2) is 37.2 Å². The summed E-state index contributed by atoms with van der Waals surface area (Å²) < 4.78 is 40.1. The van der Waals surface area contributed by atoms with Crippen molar-refractivity contribution >= 4 is 21.8 Å². The van der Waals surface area contributed by atoms with E-state index in [9.17, 15) is 18.0 Å². The molecule has 0 bridgehead atoms. The lowest BCUT2D eigenvalue weighted by Crippen LogP contribution is -2.39. The second-order valence-electron chi connectivity index (χ2n) is 2.99. The van der Waals surface area contributed by atoms with Crippen LogP contribution in [0.25, 0.3) is 0 Å². The predicted molar refractivity (Wildman–Crippen MR) is 52.9 cm³/mol. The van der Waals surface area contributed by atoms with Crippen molar-refractivity contribution in [2.45, 2.75) is 25.1 Å². The fourth-order valence-corrected chi connectivity index (χ4v) is 1.23. The number of methoxy groups -OCH3 is 1. The molecule has 1 atom stereocenters. The number of halogens is 4. The van der Waals surface area contributed by atoms with Crippen LogP contribution in [0, 0.1) is 0 Å². The molecule has 0 aromatic rings.